The Balaban J connectivity index is 1.29. The number of halogens is 2. The van der Waals surface area contributed by atoms with Gasteiger partial charge in [-0.05, 0) is 68.6 Å². The topological polar surface area (TPSA) is 70.7 Å². The van der Waals surface area contributed by atoms with Crippen molar-refractivity contribution >= 4 is 40.7 Å². The molecule has 1 unspecified atom stereocenters. The van der Waals surface area contributed by atoms with Crippen LogP contribution in [0.5, 0.6) is 0 Å². The summed E-state index contributed by atoms with van der Waals surface area (Å²) in [6.07, 6.45) is 3.59. The standard InChI is InChI=1S/C25H29Cl2N3O3/c26-21-8-7-17(14-22(21)27)16-30-11-9-18(10-12-30)24(31)29-23-6-2-1-5-20(23)25(32)28-15-19-4-3-13-33-19/h1-2,5-8,14,18-19H,3-4,9-13,15-16H2,(H,28,32)(H,29,31). The maximum absolute atomic E-state index is 12.9. The van der Waals surface area contributed by atoms with Gasteiger partial charge in [-0.15, -0.1) is 0 Å². The van der Waals surface area contributed by atoms with Crippen LogP contribution in [0, 0.1) is 5.92 Å². The summed E-state index contributed by atoms with van der Waals surface area (Å²) < 4.78 is 5.57. The number of benzene rings is 2. The minimum Gasteiger partial charge on any atom is -0.376 e. The predicted octanol–water partition coefficient (Wildman–Crippen LogP) is 4.75. The Labute approximate surface area is 204 Å². The number of carbonyl (C=O) groups is 2. The second-order valence-corrected chi connectivity index (χ2v) is 9.49. The lowest BCUT2D eigenvalue weighted by Gasteiger charge is -2.31. The van der Waals surface area contributed by atoms with Gasteiger partial charge in [-0.2, -0.15) is 0 Å². The third-order valence-electron chi connectivity index (χ3n) is 6.29. The fourth-order valence-electron chi connectivity index (χ4n) is 4.38. The second-order valence-electron chi connectivity index (χ2n) is 8.68. The van der Waals surface area contributed by atoms with Crippen molar-refractivity contribution in [1.82, 2.24) is 10.2 Å². The van der Waals surface area contributed by atoms with Crippen LogP contribution in [0.25, 0.3) is 0 Å². The van der Waals surface area contributed by atoms with Crippen LogP contribution in [0.3, 0.4) is 0 Å². The summed E-state index contributed by atoms with van der Waals surface area (Å²) in [7, 11) is 0. The molecule has 4 rings (SSSR count). The summed E-state index contributed by atoms with van der Waals surface area (Å²) >= 11 is 12.1. The van der Waals surface area contributed by atoms with Crippen molar-refractivity contribution in [2.24, 2.45) is 5.92 Å². The first kappa shape index (κ1) is 24.0. The maximum atomic E-state index is 12.9. The van der Waals surface area contributed by atoms with E-state index in [1.54, 1.807) is 18.2 Å². The fraction of sp³-hybridized carbons (Fsp3) is 0.440. The molecule has 2 fully saturated rings. The van der Waals surface area contributed by atoms with E-state index in [0.29, 0.717) is 27.8 Å². The van der Waals surface area contributed by atoms with Crippen molar-refractivity contribution in [3.8, 4) is 0 Å². The third kappa shape index (κ3) is 6.48. The Kier molecular flexibility index (Phi) is 8.25. The minimum atomic E-state index is -0.196. The lowest BCUT2D eigenvalue weighted by molar-refractivity contribution is -0.121. The van der Waals surface area contributed by atoms with Gasteiger partial charge in [-0.1, -0.05) is 41.4 Å². The zero-order valence-corrected chi connectivity index (χ0v) is 20.0. The van der Waals surface area contributed by atoms with Crippen molar-refractivity contribution in [2.75, 3.05) is 31.6 Å². The highest BCUT2D eigenvalue weighted by Gasteiger charge is 2.26. The number of likely N-dealkylation sites (tertiary alicyclic amines) is 1. The number of anilines is 1. The number of nitrogens with zero attached hydrogens (tertiary/aromatic N) is 1. The van der Waals surface area contributed by atoms with Gasteiger partial charge in [0, 0.05) is 25.6 Å². The number of hydrogen-bond donors (Lipinski definition) is 2. The van der Waals surface area contributed by atoms with Crippen LogP contribution >= 0.6 is 23.2 Å². The molecule has 0 spiro atoms. The highest BCUT2D eigenvalue weighted by atomic mass is 35.5. The van der Waals surface area contributed by atoms with E-state index >= 15 is 0 Å². The van der Waals surface area contributed by atoms with Crippen molar-refractivity contribution in [3.63, 3.8) is 0 Å². The zero-order valence-electron chi connectivity index (χ0n) is 18.5. The molecule has 2 aromatic carbocycles. The first-order valence-electron chi connectivity index (χ1n) is 11.5. The Morgan fingerprint density at radius 2 is 1.82 bits per heavy atom. The first-order chi connectivity index (χ1) is 16.0. The zero-order chi connectivity index (χ0) is 23.2. The summed E-state index contributed by atoms with van der Waals surface area (Å²) in [6.45, 7) is 3.65. The smallest absolute Gasteiger partial charge is 0.253 e. The lowest BCUT2D eigenvalue weighted by Crippen LogP contribution is -2.38. The van der Waals surface area contributed by atoms with Gasteiger partial charge in [-0.3, -0.25) is 14.5 Å². The number of hydrogen-bond acceptors (Lipinski definition) is 4. The molecule has 2 amide bonds. The van der Waals surface area contributed by atoms with Gasteiger partial charge in [-0.25, -0.2) is 0 Å². The molecule has 0 aliphatic carbocycles. The van der Waals surface area contributed by atoms with Gasteiger partial charge in [0.05, 0.1) is 27.4 Å². The highest BCUT2D eigenvalue weighted by Crippen LogP contribution is 2.26. The lowest BCUT2D eigenvalue weighted by atomic mass is 9.95. The average Bonchev–Trinajstić information content (AvgIpc) is 3.34. The molecule has 2 aromatic rings. The Bertz CT molecular complexity index is 987. The molecular formula is C25H29Cl2N3O3. The molecule has 2 heterocycles. The fourth-order valence-corrected chi connectivity index (χ4v) is 4.70. The first-order valence-corrected chi connectivity index (χ1v) is 12.2. The number of para-hydroxylation sites is 1. The van der Waals surface area contributed by atoms with Crippen molar-refractivity contribution in [3.05, 3.63) is 63.6 Å². The monoisotopic (exact) mass is 489 g/mol. The number of rotatable bonds is 7. The van der Waals surface area contributed by atoms with E-state index in [1.165, 1.54) is 0 Å². The van der Waals surface area contributed by atoms with Gasteiger partial charge in [0.25, 0.3) is 5.91 Å². The molecule has 2 saturated heterocycles. The summed E-state index contributed by atoms with van der Waals surface area (Å²) in [5.41, 5.74) is 2.13. The number of amides is 2. The largest absolute Gasteiger partial charge is 0.376 e. The molecule has 0 aromatic heterocycles. The number of ether oxygens (including phenoxy) is 1. The molecule has 0 radical (unpaired) electrons. The van der Waals surface area contributed by atoms with Gasteiger partial charge in [0.2, 0.25) is 5.91 Å². The van der Waals surface area contributed by atoms with Crippen LogP contribution in [-0.2, 0) is 16.1 Å². The average molecular weight is 490 g/mol. The van der Waals surface area contributed by atoms with Crippen LogP contribution in [0.2, 0.25) is 10.0 Å². The van der Waals surface area contributed by atoms with Crippen LogP contribution in [0.1, 0.15) is 41.6 Å². The summed E-state index contributed by atoms with van der Waals surface area (Å²) in [5.74, 6) is -0.320. The molecule has 8 heteroatoms. The van der Waals surface area contributed by atoms with Crippen LogP contribution < -0.4 is 10.6 Å². The highest BCUT2D eigenvalue weighted by molar-refractivity contribution is 6.42. The van der Waals surface area contributed by atoms with E-state index in [2.05, 4.69) is 15.5 Å². The number of nitrogens with one attached hydrogen (secondary N) is 2. The third-order valence-corrected chi connectivity index (χ3v) is 7.03. The molecule has 2 N–H and O–H groups in total. The molecular weight excluding hydrogens is 461 g/mol. The molecule has 0 bridgehead atoms. The van der Waals surface area contributed by atoms with E-state index < -0.39 is 0 Å². The normalized spacial score (nSPS) is 19.4. The van der Waals surface area contributed by atoms with E-state index in [9.17, 15) is 9.59 Å². The summed E-state index contributed by atoms with van der Waals surface area (Å²) in [4.78, 5) is 28.0. The molecule has 33 heavy (non-hydrogen) atoms. The van der Waals surface area contributed by atoms with Crippen LogP contribution in [0.15, 0.2) is 42.5 Å². The second kappa shape index (κ2) is 11.3. The molecule has 0 saturated carbocycles. The molecule has 1 atom stereocenters. The van der Waals surface area contributed by atoms with E-state index in [-0.39, 0.29) is 23.8 Å². The SMILES string of the molecule is O=C(NCC1CCCO1)c1ccccc1NC(=O)C1CCN(Cc2ccc(Cl)c(Cl)c2)CC1. The Hall–Kier alpha value is -2.12. The van der Waals surface area contributed by atoms with E-state index in [0.717, 1.165) is 57.5 Å². The molecule has 2 aliphatic heterocycles. The van der Waals surface area contributed by atoms with Gasteiger partial charge in [0.1, 0.15) is 0 Å². The predicted molar refractivity (Wildman–Crippen MR) is 131 cm³/mol. The van der Waals surface area contributed by atoms with Crippen LogP contribution in [0.4, 0.5) is 5.69 Å². The Morgan fingerprint density at radius 1 is 1.03 bits per heavy atom. The van der Waals surface area contributed by atoms with Gasteiger partial charge in [0.15, 0.2) is 0 Å². The minimum absolute atomic E-state index is 0.0384. The van der Waals surface area contributed by atoms with E-state index in [4.69, 9.17) is 27.9 Å². The van der Waals surface area contributed by atoms with Crippen molar-refractivity contribution in [2.45, 2.75) is 38.3 Å². The molecule has 2 aliphatic rings. The van der Waals surface area contributed by atoms with E-state index in [1.807, 2.05) is 24.3 Å². The van der Waals surface area contributed by atoms with Gasteiger partial charge < -0.3 is 15.4 Å². The number of piperidine rings is 1. The van der Waals surface area contributed by atoms with Gasteiger partial charge >= 0.3 is 0 Å². The molecule has 176 valence electrons. The van der Waals surface area contributed by atoms with Crippen LogP contribution in [-0.4, -0.2) is 49.1 Å². The van der Waals surface area contributed by atoms with Crippen molar-refractivity contribution in [1.29, 1.82) is 0 Å². The molecule has 6 nitrogen and oxygen atoms in total. The quantitative estimate of drug-likeness (QED) is 0.588. The Morgan fingerprint density at radius 3 is 2.55 bits per heavy atom. The summed E-state index contributed by atoms with van der Waals surface area (Å²) in [6, 6.07) is 12.8. The van der Waals surface area contributed by atoms with Crippen molar-refractivity contribution < 1.29 is 14.3 Å². The number of carbonyl (C=O) groups excluding carboxylic acids is 2. The summed E-state index contributed by atoms with van der Waals surface area (Å²) in [5, 5.41) is 7.03. The maximum Gasteiger partial charge on any atom is 0.253 e.